The van der Waals surface area contributed by atoms with E-state index in [0.29, 0.717) is 0 Å². The number of benzene rings is 1. The minimum atomic E-state index is 0.746. The number of aryl methyl sites for hydroxylation is 1. The van der Waals surface area contributed by atoms with Crippen molar-refractivity contribution in [3.8, 4) is 0 Å². The van der Waals surface area contributed by atoms with Gasteiger partial charge < -0.3 is 5.32 Å². The fourth-order valence-corrected chi connectivity index (χ4v) is 3.33. The van der Waals surface area contributed by atoms with E-state index in [1.807, 2.05) is 11.8 Å². The van der Waals surface area contributed by atoms with Gasteiger partial charge in [-0.2, -0.15) is 11.8 Å². The molecule has 1 aliphatic carbocycles. The fourth-order valence-electron chi connectivity index (χ4n) is 2.84. The summed E-state index contributed by atoms with van der Waals surface area (Å²) in [4.78, 5) is 0. The van der Waals surface area contributed by atoms with E-state index >= 15 is 0 Å². The van der Waals surface area contributed by atoms with Crippen molar-refractivity contribution in [3.63, 3.8) is 0 Å². The van der Waals surface area contributed by atoms with E-state index in [9.17, 15) is 0 Å². The summed E-state index contributed by atoms with van der Waals surface area (Å²) in [5.74, 6) is 2.05. The maximum atomic E-state index is 3.65. The molecule has 0 fully saturated rings. The topological polar surface area (TPSA) is 12.0 Å². The lowest BCUT2D eigenvalue weighted by molar-refractivity contribution is 0.503. The van der Waals surface area contributed by atoms with Crippen molar-refractivity contribution in [1.82, 2.24) is 5.32 Å². The zero-order valence-electron chi connectivity index (χ0n) is 11.5. The summed E-state index contributed by atoms with van der Waals surface area (Å²) < 4.78 is 0. The van der Waals surface area contributed by atoms with Crippen LogP contribution in [0.15, 0.2) is 24.3 Å². The van der Waals surface area contributed by atoms with Crippen LogP contribution in [0.3, 0.4) is 0 Å². The van der Waals surface area contributed by atoms with E-state index in [1.165, 1.54) is 44.4 Å². The fraction of sp³-hybridized carbons (Fsp3) is 0.625. The summed E-state index contributed by atoms with van der Waals surface area (Å²) in [6, 6.07) is 9.00. The van der Waals surface area contributed by atoms with Gasteiger partial charge in [-0.25, -0.2) is 0 Å². The molecular weight excluding hydrogens is 238 g/mol. The summed E-state index contributed by atoms with van der Waals surface area (Å²) >= 11 is 1.95. The van der Waals surface area contributed by atoms with E-state index < -0.39 is 0 Å². The summed E-state index contributed by atoms with van der Waals surface area (Å²) in [6.07, 6.45) is 8.84. The highest BCUT2D eigenvalue weighted by atomic mass is 32.2. The van der Waals surface area contributed by atoms with Gasteiger partial charge in [0.25, 0.3) is 0 Å². The molecular formula is C16H25NS. The number of nitrogens with one attached hydrogen (secondary N) is 1. The number of hydrogen-bond acceptors (Lipinski definition) is 2. The first-order valence-corrected chi connectivity index (χ1v) is 8.58. The molecule has 1 aromatic rings. The van der Waals surface area contributed by atoms with Gasteiger partial charge in [-0.15, -0.1) is 0 Å². The molecule has 0 saturated heterocycles. The Morgan fingerprint density at radius 2 is 2.17 bits per heavy atom. The molecule has 1 nitrogen and oxygen atoms in total. The van der Waals surface area contributed by atoms with Crippen LogP contribution in [-0.2, 0) is 6.42 Å². The Labute approximate surface area is 116 Å². The molecule has 2 heteroatoms. The van der Waals surface area contributed by atoms with Gasteiger partial charge in [0.05, 0.1) is 0 Å². The zero-order valence-corrected chi connectivity index (χ0v) is 12.3. The number of hydrogen-bond donors (Lipinski definition) is 1. The third-order valence-corrected chi connectivity index (χ3v) is 4.53. The SMILES string of the molecule is CSCCCCNCC1CCCc2ccccc21. The van der Waals surface area contributed by atoms with Gasteiger partial charge in [0.2, 0.25) is 0 Å². The molecule has 100 valence electrons. The Balaban J connectivity index is 1.74. The highest BCUT2D eigenvalue weighted by Gasteiger charge is 2.18. The Hall–Kier alpha value is -0.470. The molecule has 0 saturated carbocycles. The molecule has 0 bridgehead atoms. The number of fused-ring (bicyclic) bond motifs is 1. The zero-order chi connectivity index (χ0) is 12.6. The Morgan fingerprint density at radius 1 is 1.28 bits per heavy atom. The lowest BCUT2D eigenvalue weighted by atomic mass is 9.83. The third-order valence-electron chi connectivity index (χ3n) is 3.84. The Kier molecular flexibility index (Phi) is 6.09. The van der Waals surface area contributed by atoms with Crippen LogP contribution < -0.4 is 5.32 Å². The standard InChI is InChI=1S/C16H25NS/c1-18-12-5-4-11-17-13-15-9-6-8-14-7-2-3-10-16(14)15/h2-3,7,10,15,17H,4-6,8-9,11-13H2,1H3. The van der Waals surface area contributed by atoms with Crippen molar-refractivity contribution < 1.29 is 0 Å². The van der Waals surface area contributed by atoms with Crippen LogP contribution >= 0.6 is 11.8 Å². The van der Waals surface area contributed by atoms with E-state index in [4.69, 9.17) is 0 Å². The van der Waals surface area contributed by atoms with Gasteiger partial charge in [0.1, 0.15) is 0 Å². The number of thioether (sulfide) groups is 1. The first kappa shape index (κ1) is 14.0. The van der Waals surface area contributed by atoms with Crippen LogP contribution in [0, 0.1) is 0 Å². The average Bonchev–Trinajstić information content (AvgIpc) is 2.43. The number of unbranched alkanes of at least 4 members (excludes halogenated alkanes) is 1. The minimum Gasteiger partial charge on any atom is -0.316 e. The molecule has 18 heavy (non-hydrogen) atoms. The van der Waals surface area contributed by atoms with Gasteiger partial charge in [-0.05, 0) is 67.7 Å². The van der Waals surface area contributed by atoms with Crippen molar-refractivity contribution in [2.24, 2.45) is 0 Å². The van der Waals surface area contributed by atoms with Crippen LogP contribution in [0.25, 0.3) is 0 Å². The molecule has 2 rings (SSSR count). The molecule has 0 radical (unpaired) electrons. The van der Waals surface area contributed by atoms with Crippen LogP contribution in [0.1, 0.15) is 42.7 Å². The maximum absolute atomic E-state index is 3.65. The molecule has 1 atom stereocenters. The smallest absolute Gasteiger partial charge is 0.00202 e. The van der Waals surface area contributed by atoms with Gasteiger partial charge in [-0.3, -0.25) is 0 Å². The second-order valence-corrected chi connectivity index (χ2v) is 6.18. The first-order valence-electron chi connectivity index (χ1n) is 7.19. The van der Waals surface area contributed by atoms with Gasteiger partial charge in [0.15, 0.2) is 0 Å². The molecule has 0 spiro atoms. The monoisotopic (exact) mass is 263 g/mol. The summed E-state index contributed by atoms with van der Waals surface area (Å²) in [6.45, 7) is 2.34. The molecule has 0 amide bonds. The highest BCUT2D eigenvalue weighted by Crippen LogP contribution is 2.30. The lowest BCUT2D eigenvalue weighted by Crippen LogP contribution is -2.25. The van der Waals surface area contributed by atoms with Crippen LogP contribution in [-0.4, -0.2) is 25.1 Å². The van der Waals surface area contributed by atoms with Crippen molar-refractivity contribution in [2.45, 2.75) is 38.0 Å². The second-order valence-electron chi connectivity index (χ2n) is 5.19. The summed E-state index contributed by atoms with van der Waals surface area (Å²) in [5.41, 5.74) is 3.18. The molecule has 1 N–H and O–H groups in total. The predicted octanol–water partition coefficient (Wildman–Crippen LogP) is 3.84. The summed E-state index contributed by atoms with van der Waals surface area (Å²) in [7, 11) is 0. The lowest BCUT2D eigenvalue weighted by Gasteiger charge is -2.25. The third kappa shape index (κ3) is 4.03. The molecule has 0 heterocycles. The Bertz CT molecular complexity index is 351. The highest BCUT2D eigenvalue weighted by molar-refractivity contribution is 7.98. The van der Waals surface area contributed by atoms with Crippen molar-refractivity contribution in [2.75, 3.05) is 25.1 Å². The minimum absolute atomic E-state index is 0.746. The molecule has 1 unspecified atom stereocenters. The van der Waals surface area contributed by atoms with Crippen molar-refractivity contribution >= 4 is 11.8 Å². The van der Waals surface area contributed by atoms with Crippen LogP contribution in [0.2, 0.25) is 0 Å². The van der Waals surface area contributed by atoms with E-state index in [1.54, 1.807) is 11.1 Å². The van der Waals surface area contributed by atoms with E-state index in [2.05, 4.69) is 35.8 Å². The normalized spacial score (nSPS) is 18.6. The largest absolute Gasteiger partial charge is 0.316 e. The van der Waals surface area contributed by atoms with Gasteiger partial charge >= 0.3 is 0 Å². The maximum Gasteiger partial charge on any atom is 0.00202 e. The van der Waals surface area contributed by atoms with Gasteiger partial charge in [-0.1, -0.05) is 24.3 Å². The quantitative estimate of drug-likeness (QED) is 0.750. The van der Waals surface area contributed by atoms with Crippen LogP contribution in [0.5, 0.6) is 0 Å². The predicted molar refractivity (Wildman–Crippen MR) is 82.6 cm³/mol. The van der Waals surface area contributed by atoms with Crippen molar-refractivity contribution in [3.05, 3.63) is 35.4 Å². The second kappa shape index (κ2) is 7.85. The summed E-state index contributed by atoms with van der Waals surface area (Å²) in [5, 5.41) is 3.65. The number of rotatable bonds is 7. The first-order chi connectivity index (χ1) is 8.92. The van der Waals surface area contributed by atoms with Gasteiger partial charge in [0, 0.05) is 6.54 Å². The molecule has 1 aliphatic rings. The van der Waals surface area contributed by atoms with Crippen molar-refractivity contribution in [1.29, 1.82) is 0 Å². The Morgan fingerprint density at radius 3 is 3.06 bits per heavy atom. The molecule has 0 aromatic heterocycles. The molecule has 0 aliphatic heterocycles. The average molecular weight is 263 g/mol. The van der Waals surface area contributed by atoms with E-state index in [-0.39, 0.29) is 0 Å². The van der Waals surface area contributed by atoms with Crippen LogP contribution in [0.4, 0.5) is 0 Å². The molecule has 1 aromatic carbocycles. The van der Waals surface area contributed by atoms with E-state index in [0.717, 1.165) is 12.5 Å².